The molecule has 9 heteroatoms. The Balaban J connectivity index is 2.10. The van der Waals surface area contributed by atoms with Crippen LogP contribution in [-0.4, -0.2) is 28.0 Å². The average molecular weight is 343 g/mol. The maximum absolute atomic E-state index is 10.8. The number of benzene rings is 1. The molecular weight excluding hydrogens is 330 g/mol. The molecule has 0 aliphatic rings. The third kappa shape index (κ3) is 4.32. The molecule has 0 atom stereocenters. The summed E-state index contributed by atoms with van der Waals surface area (Å²) in [4.78, 5) is 10.4. The fraction of sp³-hybridized carbons (Fsp3) is 0.333. The standard InChI is InChI=1S/C12H13N3O3S3/c1-3-19-11-13-14-12(21-11)20-7-8-6-9(15(16)17)4-5-10(8)18-2/h4-6H,3,7H2,1-2H3. The van der Waals surface area contributed by atoms with Gasteiger partial charge < -0.3 is 4.74 Å². The van der Waals surface area contributed by atoms with Crippen molar-refractivity contribution in [2.24, 2.45) is 0 Å². The van der Waals surface area contributed by atoms with E-state index in [0.717, 1.165) is 20.0 Å². The highest BCUT2D eigenvalue weighted by atomic mass is 32.2. The normalized spacial score (nSPS) is 10.6. The van der Waals surface area contributed by atoms with Crippen molar-refractivity contribution in [3.05, 3.63) is 33.9 Å². The third-order valence-electron chi connectivity index (χ3n) is 2.48. The zero-order valence-electron chi connectivity index (χ0n) is 11.4. The van der Waals surface area contributed by atoms with Gasteiger partial charge in [0, 0.05) is 23.4 Å². The third-order valence-corrected chi connectivity index (χ3v) is 5.60. The Morgan fingerprint density at radius 3 is 2.67 bits per heavy atom. The molecule has 0 spiro atoms. The fourth-order valence-corrected chi connectivity index (χ4v) is 4.46. The fourth-order valence-electron chi connectivity index (χ4n) is 1.57. The molecule has 0 unspecified atom stereocenters. The number of thioether (sulfide) groups is 2. The van der Waals surface area contributed by atoms with Crippen molar-refractivity contribution in [3.63, 3.8) is 0 Å². The number of nitro groups is 1. The molecule has 0 bridgehead atoms. The molecule has 21 heavy (non-hydrogen) atoms. The van der Waals surface area contributed by atoms with Crippen molar-refractivity contribution < 1.29 is 9.66 Å². The van der Waals surface area contributed by atoms with Crippen LogP contribution in [0.2, 0.25) is 0 Å². The van der Waals surface area contributed by atoms with E-state index in [1.807, 2.05) is 0 Å². The van der Waals surface area contributed by atoms with Crippen molar-refractivity contribution in [2.75, 3.05) is 12.9 Å². The van der Waals surface area contributed by atoms with Crippen LogP contribution in [0.5, 0.6) is 5.75 Å². The molecule has 0 aliphatic carbocycles. The Morgan fingerprint density at radius 1 is 1.33 bits per heavy atom. The van der Waals surface area contributed by atoms with Crippen molar-refractivity contribution in [2.45, 2.75) is 21.4 Å². The molecule has 0 fully saturated rings. The van der Waals surface area contributed by atoms with Crippen molar-refractivity contribution in [3.8, 4) is 5.75 Å². The van der Waals surface area contributed by atoms with Crippen LogP contribution in [0.15, 0.2) is 26.9 Å². The molecule has 0 aliphatic heterocycles. The number of nitrogens with zero attached hydrogens (tertiary/aromatic N) is 3. The predicted molar refractivity (Wildman–Crippen MR) is 85.5 cm³/mol. The molecule has 2 aromatic rings. The molecular formula is C12H13N3O3S3. The number of non-ortho nitro benzene ring substituents is 1. The Kier molecular flexibility index (Phi) is 5.83. The van der Waals surface area contributed by atoms with Crippen molar-refractivity contribution >= 4 is 40.5 Å². The van der Waals surface area contributed by atoms with E-state index in [0.29, 0.717) is 11.5 Å². The van der Waals surface area contributed by atoms with Crippen LogP contribution in [-0.2, 0) is 5.75 Å². The number of hydrogen-bond acceptors (Lipinski definition) is 8. The minimum Gasteiger partial charge on any atom is -0.496 e. The van der Waals surface area contributed by atoms with Gasteiger partial charge in [0.2, 0.25) is 0 Å². The lowest BCUT2D eigenvalue weighted by molar-refractivity contribution is -0.384. The maximum atomic E-state index is 10.8. The van der Waals surface area contributed by atoms with Gasteiger partial charge in [-0.1, -0.05) is 41.8 Å². The van der Waals surface area contributed by atoms with Gasteiger partial charge in [0.25, 0.3) is 5.69 Å². The van der Waals surface area contributed by atoms with Gasteiger partial charge in [-0.25, -0.2) is 0 Å². The number of hydrogen-bond donors (Lipinski definition) is 0. The molecule has 1 aromatic heterocycles. The second-order valence-electron chi connectivity index (χ2n) is 3.81. The van der Waals surface area contributed by atoms with Gasteiger partial charge in [-0.05, 0) is 11.8 Å². The zero-order chi connectivity index (χ0) is 15.2. The topological polar surface area (TPSA) is 78.2 Å². The number of aromatic nitrogens is 2. The highest BCUT2D eigenvalue weighted by molar-refractivity contribution is 8.02. The number of methoxy groups -OCH3 is 1. The van der Waals surface area contributed by atoms with Crippen LogP contribution in [0.3, 0.4) is 0 Å². The molecule has 1 heterocycles. The van der Waals surface area contributed by atoms with Crippen LogP contribution >= 0.6 is 34.9 Å². The second-order valence-corrected chi connectivity index (χ2v) is 7.52. The first-order valence-corrected chi connectivity index (χ1v) is 8.83. The summed E-state index contributed by atoms with van der Waals surface area (Å²) in [7, 11) is 1.55. The quantitative estimate of drug-likeness (QED) is 0.429. The first kappa shape index (κ1) is 16.1. The monoisotopic (exact) mass is 343 g/mol. The van der Waals surface area contributed by atoms with Crippen molar-refractivity contribution in [1.82, 2.24) is 10.2 Å². The van der Waals surface area contributed by atoms with E-state index in [1.54, 1.807) is 24.9 Å². The molecule has 0 saturated carbocycles. The van der Waals surface area contributed by atoms with Crippen LogP contribution in [0.4, 0.5) is 5.69 Å². The Bertz CT molecular complexity index is 633. The summed E-state index contributed by atoms with van der Waals surface area (Å²) < 4.78 is 7.02. The smallest absolute Gasteiger partial charge is 0.270 e. The molecule has 0 N–H and O–H groups in total. The summed E-state index contributed by atoms with van der Waals surface area (Å²) in [6, 6.07) is 4.59. The first-order valence-electron chi connectivity index (χ1n) is 6.04. The summed E-state index contributed by atoms with van der Waals surface area (Å²) >= 11 is 4.68. The Morgan fingerprint density at radius 2 is 2.05 bits per heavy atom. The molecule has 112 valence electrons. The van der Waals surface area contributed by atoms with Crippen LogP contribution < -0.4 is 4.74 Å². The van der Waals surface area contributed by atoms with E-state index >= 15 is 0 Å². The SMILES string of the molecule is CCSc1nnc(SCc2cc([N+](=O)[O-])ccc2OC)s1. The number of rotatable bonds is 7. The Hall–Kier alpha value is -1.32. The predicted octanol–water partition coefficient (Wildman–Crippen LogP) is 3.86. The molecule has 6 nitrogen and oxygen atoms in total. The van der Waals surface area contributed by atoms with Crippen LogP contribution in [0.25, 0.3) is 0 Å². The highest BCUT2D eigenvalue weighted by Crippen LogP contribution is 2.33. The second kappa shape index (κ2) is 7.62. The summed E-state index contributed by atoms with van der Waals surface area (Å²) in [6.45, 7) is 2.06. The number of ether oxygens (including phenoxy) is 1. The summed E-state index contributed by atoms with van der Waals surface area (Å²) in [5.74, 6) is 2.15. The van der Waals surface area contributed by atoms with Gasteiger partial charge in [0.15, 0.2) is 8.68 Å². The average Bonchev–Trinajstić information content (AvgIpc) is 2.92. The van der Waals surface area contributed by atoms with Gasteiger partial charge >= 0.3 is 0 Å². The molecule has 0 amide bonds. The summed E-state index contributed by atoms with van der Waals surface area (Å²) in [5, 5.41) is 19.0. The maximum Gasteiger partial charge on any atom is 0.270 e. The van der Waals surface area contributed by atoms with Crippen molar-refractivity contribution in [1.29, 1.82) is 0 Å². The van der Waals surface area contributed by atoms with E-state index in [-0.39, 0.29) is 5.69 Å². The van der Waals surface area contributed by atoms with E-state index < -0.39 is 4.92 Å². The lowest BCUT2D eigenvalue weighted by Gasteiger charge is -2.06. The summed E-state index contributed by atoms with van der Waals surface area (Å²) in [6.07, 6.45) is 0. The molecule has 0 saturated heterocycles. The van der Waals surface area contributed by atoms with Gasteiger partial charge in [0.1, 0.15) is 5.75 Å². The molecule has 2 rings (SSSR count). The minimum absolute atomic E-state index is 0.0610. The zero-order valence-corrected chi connectivity index (χ0v) is 13.9. The largest absolute Gasteiger partial charge is 0.496 e. The van der Waals surface area contributed by atoms with E-state index in [4.69, 9.17) is 4.74 Å². The summed E-state index contributed by atoms with van der Waals surface area (Å²) in [5.41, 5.74) is 0.836. The number of nitro benzene ring substituents is 1. The lowest BCUT2D eigenvalue weighted by atomic mass is 10.2. The van der Waals surface area contributed by atoms with E-state index in [2.05, 4.69) is 17.1 Å². The minimum atomic E-state index is -0.408. The van der Waals surface area contributed by atoms with E-state index in [1.165, 1.54) is 35.2 Å². The van der Waals surface area contributed by atoms with Crippen LogP contribution in [0.1, 0.15) is 12.5 Å². The first-order chi connectivity index (χ1) is 10.1. The Labute approximate surface area is 134 Å². The van der Waals surface area contributed by atoms with E-state index in [9.17, 15) is 10.1 Å². The van der Waals surface area contributed by atoms with Gasteiger partial charge in [-0.3, -0.25) is 10.1 Å². The van der Waals surface area contributed by atoms with Gasteiger partial charge in [-0.15, -0.1) is 10.2 Å². The van der Waals surface area contributed by atoms with Crippen LogP contribution in [0, 0.1) is 10.1 Å². The highest BCUT2D eigenvalue weighted by Gasteiger charge is 2.13. The van der Waals surface area contributed by atoms with Gasteiger partial charge in [0.05, 0.1) is 12.0 Å². The van der Waals surface area contributed by atoms with Gasteiger partial charge in [-0.2, -0.15) is 0 Å². The molecule has 1 aromatic carbocycles. The lowest BCUT2D eigenvalue weighted by Crippen LogP contribution is -1.94. The molecule has 0 radical (unpaired) electrons.